The van der Waals surface area contributed by atoms with Crippen molar-refractivity contribution in [1.29, 1.82) is 0 Å². The van der Waals surface area contributed by atoms with E-state index in [-0.39, 0.29) is 22.4 Å². The zero-order valence-electron chi connectivity index (χ0n) is 18.0. The second-order valence-electron chi connectivity index (χ2n) is 7.59. The molecule has 0 unspecified atom stereocenters. The molecule has 8 nitrogen and oxygen atoms in total. The molecule has 0 aliphatic heterocycles. The van der Waals surface area contributed by atoms with E-state index in [0.29, 0.717) is 22.2 Å². The lowest BCUT2D eigenvalue weighted by Gasteiger charge is -2.13. The first-order valence-corrected chi connectivity index (χ1v) is 11.6. The van der Waals surface area contributed by atoms with Crippen molar-refractivity contribution in [2.45, 2.75) is 24.8 Å². The highest BCUT2D eigenvalue weighted by Crippen LogP contribution is 2.37. The molecule has 4 rings (SSSR count). The van der Waals surface area contributed by atoms with Crippen molar-refractivity contribution in [3.63, 3.8) is 0 Å². The minimum atomic E-state index is -4.48. The predicted molar refractivity (Wildman–Crippen MR) is 128 cm³/mol. The summed E-state index contributed by atoms with van der Waals surface area (Å²) >= 11 is 0. The Balaban J connectivity index is 1.68. The van der Waals surface area contributed by atoms with Crippen LogP contribution in [0.2, 0.25) is 0 Å². The normalized spacial score (nSPS) is 12.0. The number of nitrogen functional groups attached to an aromatic ring is 1. The van der Waals surface area contributed by atoms with E-state index in [1.54, 1.807) is 42.6 Å². The van der Waals surface area contributed by atoms with Crippen molar-refractivity contribution in [3.05, 3.63) is 72.9 Å². The molecule has 9 heteroatoms. The predicted octanol–water partition coefficient (Wildman–Crippen LogP) is 5.93. The first kappa shape index (κ1) is 22.4. The average Bonchev–Trinajstić information content (AvgIpc) is 2.78. The summed E-state index contributed by atoms with van der Waals surface area (Å²) in [5.41, 5.74) is 8.59. The van der Waals surface area contributed by atoms with Crippen LogP contribution >= 0.6 is 0 Å². The molecule has 0 atom stereocenters. The number of hydrogen-bond acceptors (Lipinski definition) is 7. The number of nitrogens with two attached hydrogens (primary N) is 1. The van der Waals surface area contributed by atoms with Gasteiger partial charge in [-0.15, -0.1) is 10.2 Å². The highest BCUT2D eigenvalue weighted by atomic mass is 32.2. The molecule has 33 heavy (non-hydrogen) atoms. The van der Waals surface area contributed by atoms with Crippen LogP contribution in [0.25, 0.3) is 22.0 Å². The van der Waals surface area contributed by atoms with Gasteiger partial charge in [0.2, 0.25) is 0 Å². The van der Waals surface area contributed by atoms with E-state index >= 15 is 0 Å². The summed E-state index contributed by atoms with van der Waals surface area (Å²) in [5, 5.41) is 9.03. The van der Waals surface area contributed by atoms with Crippen molar-refractivity contribution >= 4 is 38.0 Å². The lowest BCUT2D eigenvalue weighted by molar-refractivity contribution is 0.243. The fourth-order valence-electron chi connectivity index (χ4n) is 3.40. The highest BCUT2D eigenvalue weighted by Gasteiger charge is 2.18. The molecule has 3 aromatic carbocycles. The molecule has 0 radical (unpaired) electrons. The summed E-state index contributed by atoms with van der Waals surface area (Å²) in [6.45, 7) is 3.92. The highest BCUT2D eigenvalue weighted by molar-refractivity contribution is 7.86. The maximum atomic E-state index is 11.9. The summed E-state index contributed by atoms with van der Waals surface area (Å²) in [6.07, 6.45) is 1.57. The third kappa shape index (κ3) is 4.84. The number of rotatable bonds is 6. The molecule has 168 valence electrons. The minimum Gasteiger partial charge on any atom is -0.490 e. The van der Waals surface area contributed by atoms with Crippen LogP contribution in [0.4, 0.5) is 17.1 Å². The van der Waals surface area contributed by atoms with E-state index in [1.807, 2.05) is 38.1 Å². The number of ether oxygens (including phenoxy) is 1. The van der Waals surface area contributed by atoms with Gasteiger partial charge in [-0.3, -0.25) is 9.54 Å². The number of hydrogen-bond donors (Lipinski definition) is 2. The molecule has 0 bridgehead atoms. The van der Waals surface area contributed by atoms with Crippen molar-refractivity contribution in [2.24, 2.45) is 10.2 Å². The van der Waals surface area contributed by atoms with E-state index in [1.165, 1.54) is 6.07 Å². The van der Waals surface area contributed by atoms with Crippen molar-refractivity contribution in [2.75, 3.05) is 5.73 Å². The number of fused-ring (bicyclic) bond motifs is 1. The van der Waals surface area contributed by atoms with Gasteiger partial charge in [0.05, 0.1) is 23.7 Å². The number of benzene rings is 3. The molecule has 0 aliphatic carbocycles. The molecule has 0 amide bonds. The average molecular weight is 463 g/mol. The van der Waals surface area contributed by atoms with Gasteiger partial charge < -0.3 is 10.5 Å². The van der Waals surface area contributed by atoms with Crippen LogP contribution < -0.4 is 10.5 Å². The van der Waals surface area contributed by atoms with Gasteiger partial charge in [0.1, 0.15) is 22.0 Å². The van der Waals surface area contributed by atoms with E-state index in [2.05, 4.69) is 15.2 Å². The van der Waals surface area contributed by atoms with Gasteiger partial charge in [0, 0.05) is 16.3 Å². The maximum Gasteiger partial charge on any atom is 0.295 e. The molecule has 0 fully saturated rings. The molecular formula is C24H22N4O4S. The Bertz CT molecular complexity index is 1450. The Hall–Kier alpha value is -3.82. The molecule has 0 saturated carbocycles. The van der Waals surface area contributed by atoms with Gasteiger partial charge in [-0.1, -0.05) is 36.4 Å². The van der Waals surface area contributed by atoms with Crippen molar-refractivity contribution in [1.82, 2.24) is 4.98 Å². The molecule has 3 N–H and O–H groups in total. The molecule has 1 heterocycles. The van der Waals surface area contributed by atoms with Crippen molar-refractivity contribution < 1.29 is 17.7 Å². The van der Waals surface area contributed by atoms with E-state index in [4.69, 9.17) is 10.5 Å². The Labute approximate surface area is 191 Å². The smallest absolute Gasteiger partial charge is 0.295 e. The molecule has 1 aromatic heterocycles. The standard InChI is InChI=1S/C24H22N4O4S/c1-15(2)32-22-10-6-5-9-19(22)20-12-11-16(14-26-20)27-28-21-13-23(33(29,30)31)17-7-3-4-8-18(17)24(21)25/h3-15H,25H2,1-2H3,(H,29,30,31)/b28-27+. The number of para-hydroxylation sites is 1. The second kappa shape index (κ2) is 8.97. The van der Waals surface area contributed by atoms with Crippen LogP contribution in [0.3, 0.4) is 0 Å². The summed E-state index contributed by atoms with van der Waals surface area (Å²) in [7, 11) is -4.48. The largest absolute Gasteiger partial charge is 0.490 e. The van der Waals surface area contributed by atoms with Crippen LogP contribution in [0.15, 0.2) is 88.1 Å². The first-order valence-electron chi connectivity index (χ1n) is 10.2. The lowest BCUT2D eigenvalue weighted by atomic mass is 10.1. The third-order valence-corrected chi connectivity index (χ3v) is 5.74. The Morgan fingerprint density at radius 1 is 0.970 bits per heavy atom. The molecule has 0 spiro atoms. The van der Waals surface area contributed by atoms with Crippen molar-refractivity contribution in [3.8, 4) is 17.0 Å². The lowest BCUT2D eigenvalue weighted by Crippen LogP contribution is -2.06. The number of aromatic nitrogens is 1. The maximum absolute atomic E-state index is 11.9. The van der Waals surface area contributed by atoms with Gasteiger partial charge in [0.25, 0.3) is 10.1 Å². The van der Waals surface area contributed by atoms with Crippen LogP contribution in [0.1, 0.15) is 13.8 Å². The number of pyridine rings is 1. The van der Waals surface area contributed by atoms with Gasteiger partial charge in [-0.25, -0.2) is 0 Å². The van der Waals surface area contributed by atoms with Gasteiger partial charge >= 0.3 is 0 Å². The van der Waals surface area contributed by atoms with E-state index in [9.17, 15) is 13.0 Å². The van der Waals surface area contributed by atoms with E-state index in [0.717, 1.165) is 11.3 Å². The SMILES string of the molecule is CC(C)Oc1ccccc1-c1ccc(/N=N/c2cc(S(=O)(=O)O)c3ccccc3c2N)cn1. The molecular weight excluding hydrogens is 440 g/mol. The summed E-state index contributed by atoms with van der Waals surface area (Å²) < 4.78 is 39.2. The fourth-order valence-corrected chi connectivity index (χ4v) is 4.11. The number of nitrogens with zero attached hydrogens (tertiary/aromatic N) is 3. The first-order chi connectivity index (χ1) is 15.7. The number of azo groups is 1. The number of anilines is 1. The monoisotopic (exact) mass is 462 g/mol. The quantitative estimate of drug-likeness (QED) is 0.208. The van der Waals surface area contributed by atoms with Crippen LogP contribution in [-0.2, 0) is 10.1 Å². The Morgan fingerprint density at radius 2 is 1.67 bits per heavy atom. The molecule has 0 aliphatic rings. The van der Waals surface area contributed by atoms with Gasteiger partial charge in [-0.2, -0.15) is 8.42 Å². The molecule has 0 saturated heterocycles. The summed E-state index contributed by atoms with van der Waals surface area (Å²) in [4.78, 5) is 4.18. The van der Waals surface area contributed by atoms with Crippen LogP contribution in [0, 0.1) is 0 Å². The van der Waals surface area contributed by atoms with Crippen LogP contribution in [-0.4, -0.2) is 24.1 Å². The van der Waals surface area contributed by atoms with E-state index < -0.39 is 10.1 Å². The second-order valence-corrected chi connectivity index (χ2v) is 8.98. The van der Waals surface area contributed by atoms with Gasteiger partial charge in [-0.05, 0) is 44.2 Å². The third-order valence-electron chi connectivity index (χ3n) is 4.85. The Kier molecular flexibility index (Phi) is 6.08. The Morgan fingerprint density at radius 3 is 2.33 bits per heavy atom. The fraction of sp³-hybridized carbons (Fsp3) is 0.125. The summed E-state index contributed by atoms with van der Waals surface area (Å²) in [6, 6.07) is 19.0. The zero-order chi connectivity index (χ0) is 23.6. The topological polar surface area (TPSA) is 127 Å². The molecule has 4 aromatic rings. The van der Waals surface area contributed by atoms with Crippen LogP contribution in [0.5, 0.6) is 5.75 Å². The minimum absolute atomic E-state index is 0.0271. The summed E-state index contributed by atoms with van der Waals surface area (Å²) in [5.74, 6) is 0.732. The van der Waals surface area contributed by atoms with Gasteiger partial charge in [0.15, 0.2) is 0 Å². The zero-order valence-corrected chi connectivity index (χ0v) is 18.8.